The highest BCUT2D eigenvalue weighted by Gasteiger charge is 2.35. The van der Waals surface area contributed by atoms with Crippen LogP contribution >= 0.6 is 0 Å². The Labute approximate surface area is 162 Å². The first-order chi connectivity index (χ1) is 13.1. The summed E-state index contributed by atoms with van der Waals surface area (Å²) in [5.41, 5.74) is 4.46. The number of hydrogen-bond acceptors (Lipinski definition) is 2. The predicted octanol–water partition coefficient (Wildman–Crippen LogP) is 6.28. The lowest BCUT2D eigenvalue weighted by Crippen LogP contribution is -2.30. The third kappa shape index (κ3) is 3.90. The van der Waals surface area contributed by atoms with Crippen molar-refractivity contribution in [2.75, 3.05) is 6.61 Å². The van der Waals surface area contributed by atoms with Crippen LogP contribution < -0.4 is 0 Å². The summed E-state index contributed by atoms with van der Waals surface area (Å²) in [6.07, 6.45) is 9.44. The molecule has 0 atom stereocenters. The molecular weight excluding hydrogens is 332 g/mol. The van der Waals surface area contributed by atoms with Crippen molar-refractivity contribution in [2.45, 2.75) is 39.5 Å². The van der Waals surface area contributed by atoms with Crippen molar-refractivity contribution in [3.63, 3.8) is 0 Å². The third-order valence-corrected chi connectivity index (χ3v) is 5.44. The highest BCUT2D eigenvalue weighted by Crippen LogP contribution is 2.44. The number of ether oxygens (including phenoxy) is 1. The maximum Gasteiger partial charge on any atom is 0.312 e. The molecule has 2 heteroatoms. The number of esters is 1. The second-order valence-electron chi connectivity index (χ2n) is 7.43. The van der Waals surface area contributed by atoms with Gasteiger partial charge in [-0.25, -0.2) is 0 Å². The monoisotopic (exact) mass is 360 g/mol. The topological polar surface area (TPSA) is 26.3 Å². The Balaban J connectivity index is 1.80. The molecule has 0 N–H and O–H groups in total. The van der Waals surface area contributed by atoms with Gasteiger partial charge in [-0.1, -0.05) is 72.8 Å². The molecular formula is C25H28O2. The second kappa shape index (κ2) is 8.39. The summed E-state index contributed by atoms with van der Waals surface area (Å²) in [6, 6.07) is 16.8. The third-order valence-electron chi connectivity index (χ3n) is 5.44. The summed E-state index contributed by atoms with van der Waals surface area (Å²) >= 11 is 0. The van der Waals surface area contributed by atoms with Crippen LogP contribution in [0.1, 0.15) is 50.7 Å². The molecule has 3 rings (SSSR count). The summed E-state index contributed by atoms with van der Waals surface area (Å²) in [5.74, 6) is -0.0189. The molecule has 0 heterocycles. The molecule has 0 radical (unpaired) electrons. The van der Waals surface area contributed by atoms with Crippen molar-refractivity contribution >= 4 is 5.97 Å². The van der Waals surface area contributed by atoms with E-state index in [-0.39, 0.29) is 11.9 Å². The highest BCUT2D eigenvalue weighted by molar-refractivity contribution is 5.80. The van der Waals surface area contributed by atoms with Gasteiger partial charge in [-0.2, -0.15) is 0 Å². The summed E-state index contributed by atoms with van der Waals surface area (Å²) in [7, 11) is 0. The van der Waals surface area contributed by atoms with Crippen LogP contribution in [-0.4, -0.2) is 12.6 Å². The molecule has 1 aliphatic carbocycles. The van der Waals surface area contributed by atoms with Crippen LogP contribution in [0.15, 0.2) is 72.8 Å². The Morgan fingerprint density at radius 1 is 0.926 bits per heavy atom. The summed E-state index contributed by atoms with van der Waals surface area (Å²) in [4.78, 5) is 13.0. The van der Waals surface area contributed by atoms with Crippen LogP contribution in [0.25, 0.3) is 11.1 Å². The van der Waals surface area contributed by atoms with Crippen molar-refractivity contribution in [3.05, 3.63) is 84.0 Å². The van der Waals surface area contributed by atoms with E-state index in [2.05, 4.69) is 48.5 Å². The second-order valence-corrected chi connectivity index (χ2v) is 7.43. The zero-order valence-electron chi connectivity index (χ0n) is 16.4. The molecule has 140 valence electrons. The van der Waals surface area contributed by atoms with Gasteiger partial charge in [0.25, 0.3) is 0 Å². The number of carbonyl (C=O) groups is 1. The Bertz CT molecular complexity index is 801. The molecule has 0 amide bonds. The molecule has 0 spiro atoms. The van der Waals surface area contributed by atoms with Crippen LogP contribution in [-0.2, 0) is 9.53 Å². The minimum atomic E-state index is -0.531. The molecule has 2 nitrogen and oxygen atoms in total. The first-order valence-electron chi connectivity index (χ1n) is 9.68. The van der Waals surface area contributed by atoms with E-state index >= 15 is 0 Å². The molecule has 0 bridgehead atoms. The Morgan fingerprint density at radius 3 is 1.89 bits per heavy atom. The molecule has 1 aliphatic rings. The molecule has 2 aromatic rings. The maximum absolute atomic E-state index is 13.0. The molecule has 0 fully saturated rings. The fraction of sp³-hybridized carbons (Fsp3) is 0.320. The van der Waals surface area contributed by atoms with Crippen LogP contribution in [0.5, 0.6) is 0 Å². The molecule has 0 aromatic heterocycles. The van der Waals surface area contributed by atoms with Gasteiger partial charge in [0.05, 0.1) is 5.41 Å². The molecule has 0 saturated heterocycles. The first kappa shape index (κ1) is 19.2. The quantitative estimate of drug-likeness (QED) is 0.429. The molecule has 0 unspecified atom stereocenters. The number of hydrogen-bond donors (Lipinski definition) is 0. The van der Waals surface area contributed by atoms with Crippen LogP contribution in [0.3, 0.4) is 0 Å². The van der Waals surface area contributed by atoms with Crippen LogP contribution in [0, 0.1) is 5.41 Å². The number of benzene rings is 2. The van der Waals surface area contributed by atoms with Gasteiger partial charge in [0.2, 0.25) is 0 Å². The van der Waals surface area contributed by atoms with Gasteiger partial charge < -0.3 is 4.74 Å². The molecule has 2 aromatic carbocycles. The SMILES string of the molecule is CC=CCC(C)(CC=CC)C(=O)OCC1c2ccccc2-c2ccccc21. The lowest BCUT2D eigenvalue weighted by Gasteiger charge is -2.26. The van der Waals surface area contributed by atoms with Crippen LogP contribution in [0.4, 0.5) is 0 Å². The molecule has 27 heavy (non-hydrogen) atoms. The summed E-state index contributed by atoms with van der Waals surface area (Å²) in [5, 5.41) is 0. The van der Waals surface area contributed by atoms with E-state index in [1.54, 1.807) is 0 Å². The van der Waals surface area contributed by atoms with Crippen molar-refractivity contribution in [3.8, 4) is 11.1 Å². The molecule has 0 aliphatic heterocycles. The van der Waals surface area contributed by atoms with Gasteiger partial charge in [0.15, 0.2) is 0 Å². The maximum atomic E-state index is 13.0. The Kier molecular flexibility index (Phi) is 5.95. The largest absolute Gasteiger partial charge is 0.464 e. The fourth-order valence-electron chi connectivity index (χ4n) is 3.78. The van der Waals surface area contributed by atoms with E-state index < -0.39 is 5.41 Å². The predicted molar refractivity (Wildman–Crippen MR) is 112 cm³/mol. The lowest BCUT2D eigenvalue weighted by atomic mass is 9.83. The van der Waals surface area contributed by atoms with E-state index in [0.717, 1.165) is 0 Å². The zero-order chi connectivity index (χ0) is 19.3. The standard InChI is InChI=1S/C25H28O2/c1-4-6-16-25(3,17-7-5-2)24(26)27-18-23-21-14-10-8-12-19(21)20-13-9-11-15-22(20)23/h4-15,23H,16-18H2,1-3H3. The van der Waals surface area contributed by atoms with Gasteiger partial charge in [-0.05, 0) is 55.9 Å². The van der Waals surface area contributed by atoms with Gasteiger partial charge in [-0.15, -0.1) is 0 Å². The zero-order valence-corrected chi connectivity index (χ0v) is 16.4. The van der Waals surface area contributed by atoms with E-state index in [1.807, 2.05) is 45.1 Å². The van der Waals surface area contributed by atoms with Gasteiger partial charge in [0, 0.05) is 5.92 Å². The number of fused-ring (bicyclic) bond motifs is 3. The molecule has 0 saturated carbocycles. The highest BCUT2D eigenvalue weighted by atomic mass is 16.5. The summed E-state index contributed by atoms with van der Waals surface area (Å²) in [6.45, 7) is 6.33. The number of allylic oxidation sites excluding steroid dienone is 4. The number of carbonyl (C=O) groups excluding carboxylic acids is 1. The van der Waals surface area contributed by atoms with E-state index in [0.29, 0.717) is 19.4 Å². The average molecular weight is 360 g/mol. The lowest BCUT2D eigenvalue weighted by molar-refractivity contribution is -0.155. The van der Waals surface area contributed by atoms with Gasteiger partial charge in [0.1, 0.15) is 6.61 Å². The van der Waals surface area contributed by atoms with E-state index in [1.165, 1.54) is 22.3 Å². The van der Waals surface area contributed by atoms with Gasteiger partial charge in [-0.3, -0.25) is 4.79 Å². The van der Waals surface area contributed by atoms with E-state index in [9.17, 15) is 4.79 Å². The average Bonchev–Trinajstić information content (AvgIpc) is 3.03. The minimum Gasteiger partial charge on any atom is -0.464 e. The van der Waals surface area contributed by atoms with Crippen molar-refractivity contribution in [2.24, 2.45) is 5.41 Å². The van der Waals surface area contributed by atoms with Gasteiger partial charge >= 0.3 is 5.97 Å². The first-order valence-corrected chi connectivity index (χ1v) is 9.68. The summed E-state index contributed by atoms with van der Waals surface area (Å²) < 4.78 is 5.89. The van der Waals surface area contributed by atoms with E-state index in [4.69, 9.17) is 4.74 Å². The van der Waals surface area contributed by atoms with Crippen molar-refractivity contribution in [1.29, 1.82) is 0 Å². The normalized spacial score (nSPS) is 15.7. The Hall–Kier alpha value is -2.61. The fourth-order valence-corrected chi connectivity index (χ4v) is 3.78. The number of rotatable bonds is 7. The van der Waals surface area contributed by atoms with Crippen molar-refractivity contribution < 1.29 is 9.53 Å². The van der Waals surface area contributed by atoms with Crippen molar-refractivity contribution in [1.82, 2.24) is 0 Å². The minimum absolute atomic E-state index is 0.106. The Morgan fingerprint density at radius 2 is 1.41 bits per heavy atom. The smallest absolute Gasteiger partial charge is 0.312 e. The van der Waals surface area contributed by atoms with Crippen LogP contribution in [0.2, 0.25) is 0 Å².